The summed E-state index contributed by atoms with van der Waals surface area (Å²) in [7, 11) is 0. The van der Waals surface area contributed by atoms with Gasteiger partial charge in [-0.1, -0.05) is 25.5 Å². The molecule has 2 aromatic rings. The highest BCUT2D eigenvalue weighted by Crippen LogP contribution is 2.04. The molecule has 5 heteroatoms. The molecule has 1 aromatic heterocycles. The second-order valence-corrected chi connectivity index (χ2v) is 4.95. The first-order valence-corrected chi connectivity index (χ1v) is 6.85. The van der Waals surface area contributed by atoms with E-state index in [9.17, 15) is 9.59 Å². The molecule has 2 rings (SSSR count). The zero-order valence-corrected chi connectivity index (χ0v) is 11.8. The summed E-state index contributed by atoms with van der Waals surface area (Å²) >= 11 is 0. The van der Waals surface area contributed by atoms with Crippen molar-refractivity contribution in [2.75, 3.05) is 0 Å². The smallest absolute Gasteiger partial charge is 0.261 e. The normalized spacial score (nSPS) is 12.3. The fourth-order valence-electron chi connectivity index (χ4n) is 2.20. The molecule has 0 aliphatic carbocycles. The molecular weight excluding hydrogens is 254 g/mol. The van der Waals surface area contributed by atoms with Crippen LogP contribution in [0.4, 0.5) is 0 Å². The van der Waals surface area contributed by atoms with Gasteiger partial charge in [0.25, 0.3) is 5.56 Å². The summed E-state index contributed by atoms with van der Waals surface area (Å²) < 4.78 is 1.34. The first-order chi connectivity index (χ1) is 9.61. The van der Waals surface area contributed by atoms with Crippen LogP contribution in [0.15, 0.2) is 35.4 Å². The van der Waals surface area contributed by atoms with Crippen molar-refractivity contribution >= 4 is 16.8 Å². The van der Waals surface area contributed by atoms with Crippen LogP contribution in [0.5, 0.6) is 0 Å². The Balaban J connectivity index is 2.16. The number of fused-ring (bicyclic) bond motifs is 1. The summed E-state index contributed by atoms with van der Waals surface area (Å²) in [6.07, 6.45) is 3.37. The Kier molecular flexibility index (Phi) is 4.50. The Morgan fingerprint density at radius 1 is 1.40 bits per heavy atom. The van der Waals surface area contributed by atoms with Crippen LogP contribution in [0.1, 0.15) is 26.7 Å². The molecule has 1 unspecified atom stereocenters. The van der Waals surface area contributed by atoms with E-state index in [1.54, 1.807) is 18.2 Å². The Labute approximate surface area is 117 Å². The van der Waals surface area contributed by atoms with Crippen molar-refractivity contribution in [1.29, 1.82) is 0 Å². The maximum absolute atomic E-state index is 12.2. The van der Waals surface area contributed by atoms with Crippen LogP contribution >= 0.6 is 0 Å². The van der Waals surface area contributed by atoms with Crippen molar-refractivity contribution in [2.45, 2.75) is 39.3 Å². The number of para-hydroxylation sites is 1. The second kappa shape index (κ2) is 6.32. The van der Waals surface area contributed by atoms with Gasteiger partial charge in [-0.3, -0.25) is 14.2 Å². The minimum Gasteiger partial charge on any atom is -0.352 e. The summed E-state index contributed by atoms with van der Waals surface area (Å²) in [5, 5.41) is 3.41. The fraction of sp³-hybridized carbons (Fsp3) is 0.400. The zero-order valence-electron chi connectivity index (χ0n) is 11.8. The lowest BCUT2D eigenvalue weighted by Gasteiger charge is -2.13. The quantitative estimate of drug-likeness (QED) is 0.901. The topological polar surface area (TPSA) is 64.0 Å². The SMILES string of the molecule is CCCC(C)NC(=O)Cn1cnc2ccccc2c1=O. The number of rotatable bonds is 5. The molecule has 0 radical (unpaired) electrons. The fourth-order valence-corrected chi connectivity index (χ4v) is 2.20. The monoisotopic (exact) mass is 273 g/mol. The first kappa shape index (κ1) is 14.2. The second-order valence-electron chi connectivity index (χ2n) is 4.95. The summed E-state index contributed by atoms with van der Waals surface area (Å²) in [4.78, 5) is 28.3. The van der Waals surface area contributed by atoms with Crippen molar-refractivity contribution in [3.8, 4) is 0 Å². The lowest BCUT2D eigenvalue weighted by Crippen LogP contribution is -2.37. The molecule has 20 heavy (non-hydrogen) atoms. The average Bonchev–Trinajstić information content (AvgIpc) is 2.42. The highest BCUT2D eigenvalue weighted by Gasteiger charge is 2.09. The van der Waals surface area contributed by atoms with Crippen LogP contribution in [0.3, 0.4) is 0 Å². The molecule has 0 fully saturated rings. The Morgan fingerprint density at radius 2 is 2.15 bits per heavy atom. The lowest BCUT2D eigenvalue weighted by molar-refractivity contribution is -0.122. The van der Waals surface area contributed by atoms with Crippen LogP contribution in [-0.4, -0.2) is 21.5 Å². The van der Waals surface area contributed by atoms with E-state index in [2.05, 4.69) is 17.2 Å². The minimum absolute atomic E-state index is 0.00468. The van der Waals surface area contributed by atoms with Gasteiger partial charge in [-0.25, -0.2) is 4.98 Å². The third-order valence-electron chi connectivity index (χ3n) is 3.17. The van der Waals surface area contributed by atoms with E-state index < -0.39 is 0 Å². The number of amides is 1. The van der Waals surface area contributed by atoms with E-state index >= 15 is 0 Å². The van der Waals surface area contributed by atoms with Crippen molar-refractivity contribution in [1.82, 2.24) is 14.9 Å². The lowest BCUT2D eigenvalue weighted by atomic mass is 10.2. The molecule has 1 heterocycles. The Bertz CT molecular complexity index is 663. The Morgan fingerprint density at radius 3 is 2.90 bits per heavy atom. The molecule has 1 atom stereocenters. The molecule has 0 bridgehead atoms. The average molecular weight is 273 g/mol. The Hall–Kier alpha value is -2.17. The van der Waals surface area contributed by atoms with E-state index in [4.69, 9.17) is 0 Å². The molecule has 0 aliphatic heterocycles. The van der Waals surface area contributed by atoms with Crippen LogP contribution in [0.25, 0.3) is 10.9 Å². The van der Waals surface area contributed by atoms with Gasteiger partial charge in [0.2, 0.25) is 5.91 Å². The van der Waals surface area contributed by atoms with Gasteiger partial charge >= 0.3 is 0 Å². The van der Waals surface area contributed by atoms with E-state index in [1.807, 2.05) is 13.0 Å². The van der Waals surface area contributed by atoms with E-state index in [1.165, 1.54) is 10.9 Å². The molecule has 1 N–H and O–H groups in total. The van der Waals surface area contributed by atoms with E-state index in [0.717, 1.165) is 12.8 Å². The van der Waals surface area contributed by atoms with Crippen molar-refractivity contribution < 1.29 is 4.79 Å². The number of hydrogen-bond acceptors (Lipinski definition) is 3. The van der Waals surface area contributed by atoms with Gasteiger partial charge in [-0.2, -0.15) is 0 Å². The van der Waals surface area contributed by atoms with Crippen molar-refractivity contribution in [2.24, 2.45) is 0 Å². The maximum Gasteiger partial charge on any atom is 0.261 e. The number of benzene rings is 1. The summed E-state index contributed by atoms with van der Waals surface area (Å²) in [6, 6.07) is 7.25. The number of aromatic nitrogens is 2. The molecular formula is C15H19N3O2. The minimum atomic E-state index is -0.186. The molecule has 0 saturated carbocycles. The van der Waals surface area contributed by atoms with Crippen molar-refractivity contribution in [3.63, 3.8) is 0 Å². The van der Waals surface area contributed by atoms with Gasteiger partial charge in [0.15, 0.2) is 0 Å². The number of hydrogen-bond donors (Lipinski definition) is 1. The molecule has 1 amide bonds. The van der Waals surface area contributed by atoms with Gasteiger partial charge < -0.3 is 5.32 Å². The van der Waals surface area contributed by atoms with Gasteiger partial charge in [-0.15, -0.1) is 0 Å². The molecule has 0 spiro atoms. The van der Waals surface area contributed by atoms with Crippen LogP contribution in [0, 0.1) is 0 Å². The van der Waals surface area contributed by atoms with E-state index in [0.29, 0.717) is 10.9 Å². The maximum atomic E-state index is 12.2. The van der Waals surface area contributed by atoms with Gasteiger partial charge in [-0.05, 0) is 25.5 Å². The number of nitrogens with zero attached hydrogens (tertiary/aromatic N) is 2. The summed E-state index contributed by atoms with van der Waals surface area (Å²) in [6.45, 7) is 4.04. The summed E-state index contributed by atoms with van der Waals surface area (Å²) in [5.74, 6) is -0.162. The molecule has 0 saturated heterocycles. The summed E-state index contributed by atoms with van der Waals surface area (Å²) in [5.41, 5.74) is 0.461. The zero-order chi connectivity index (χ0) is 14.5. The van der Waals surface area contributed by atoms with Gasteiger partial charge in [0.05, 0.1) is 17.2 Å². The predicted molar refractivity (Wildman–Crippen MR) is 78.5 cm³/mol. The number of carbonyl (C=O) groups is 1. The molecule has 1 aromatic carbocycles. The van der Waals surface area contributed by atoms with Gasteiger partial charge in [0.1, 0.15) is 6.54 Å². The van der Waals surface area contributed by atoms with Crippen LogP contribution in [0.2, 0.25) is 0 Å². The predicted octanol–water partition coefficient (Wildman–Crippen LogP) is 1.70. The van der Waals surface area contributed by atoms with Gasteiger partial charge in [0, 0.05) is 6.04 Å². The first-order valence-electron chi connectivity index (χ1n) is 6.85. The van der Waals surface area contributed by atoms with Crippen LogP contribution < -0.4 is 10.9 Å². The van der Waals surface area contributed by atoms with E-state index in [-0.39, 0.29) is 24.1 Å². The standard InChI is InChI=1S/C15H19N3O2/c1-3-6-11(2)17-14(19)9-18-10-16-13-8-5-4-7-12(13)15(18)20/h4-5,7-8,10-11H,3,6,9H2,1-2H3,(H,17,19). The third kappa shape index (κ3) is 3.23. The van der Waals surface area contributed by atoms with Crippen molar-refractivity contribution in [3.05, 3.63) is 40.9 Å². The third-order valence-corrected chi connectivity index (χ3v) is 3.17. The van der Waals surface area contributed by atoms with Crippen LogP contribution in [-0.2, 0) is 11.3 Å². The highest BCUT2D eigenvalue weighted by molar-refractivity contribution is 5.78. The number of carbonyl (C=O) groups excluding carboxylic acids is 1. The highest BCUT2D eigenvalue weighted by atomic mass is 16.2. The largest absolute Gasteiger partial charge is 0.352 e. The number of nitrogens with one attached hydrogen (secondary N) is 1. The molecule has 0 aliphatic rings. The molecule has 5 nitrogen and oxygen atoms in total. The molecule has 106 valence electrons.